The van der Waals surface area contributed by atoms with Crippen LogP contribution in [0.15, 0.2) is 46.9 Å². The van der Waals surface area contributed by atoms with Crippen molar-refractivity contribution in [1.82, 2.24) is 0 Å². The third-order valence-corrected chi connectivity index (χ3v) is 3.55. The number of carbonyl (C=O) groups is 1. The second-order valence-corrected chi connectivity index (χ2v) is 5.08. The van der Waals surface area contributed by atoms with Crippen molar-refractivity contribution < 1.29 is 14.3 Å². The van der Waals surface area contributed by atoms with Crippen molar-refractivity contribution in [3.8, 4) is 11.5 Å². The van der Waals surface area contributed by atoms with Crippen LogP contribution in [0.2, 0.25) is 0 Å². The molecule has 4 heteroatoms. The molecule has 104 valence electrons. The highest BCUT2D eigenvalue weighted by Gasteiger charge is 2.07. The fraction of sp³-hybridized carbons (Fsp3) is 0.188. The zero-order valence-electron chi connectivity index (χ0n) is 11.1. The number of carbonyl (C=O) groups excluding carboxylic acids is 1. The fourth-order valence-electron chi connectivity index (χ4n) is 1.83. The molecule has 0 saturated carbocycles. The minimum Gasteiger partial charge on any atom is -0.497 e. The van der Waals surface area contributed by atoms with Crippen LogP contribution in [0.3, 0.4) is 0 Å². The van der Waals surface area contributed by atoms with E-state index in [-0.39, 0.29) is 0 Å². The molecule has 0 aliphatic carbocycles. The highest BCUT2D eigenvalue weighted by Crippen LogP contribution is 2.28. The Morgan fingerprint density at radius 3 is 2.55 bits per heavy atom. The Labute approximate surface area is 126 Å². The summed E-state index contributed by atoms with van der Waals surface area (Å²) in [4.78, 5) is 11.0. The van der Waals surface area contributed by atoms with Crippen LogP contribution in [-0.4, -0.2) is 20.0 Å². The molecule has 0 aliphatic heterocycles. The summed E-state index contributed by atoms with van der Waals surface area (Å²) in [6, 6.07) is 13.3. The standard InChI is InChI=1S/C16H15BrO3/c1-19-14-7-5-12(6-8-14)9-10-20-16-13(11-18)3-2-4-15(16)17/h2-8,11H,9-10H2,1H3. The zero-order chi connectivity index (χ0) is 14.4. The molecule has 0 amide bonds. The monoisotopic (exact) mass is 334 g/mol. The molecule has 0 aliphatic rings. The van der Waals surface area contributed by atoms with Gasteiger partial charge in [0.1, 0.15) is 11.5 Å². The van der Waals surface area contributed by atoms with Crippen LogP contribution < -0.4 is 9.47 Å². The second kappa shape index (κ2) is 7.10. The van der Waals surface area contributed by atoms with Crippen molar-refractivity contribution in [3.63, 3.8) is 0 Å². The molecule has 2 aromatic rings. The second-order valence-electron chi connectivity index (χ2n) is 4.22. The van der Waals surface area contributed by atoms with E-state index in [4.69, 9.17) is 9.47 Å². The largest absolute Gasteiger partial charge is 0.497 e. The first-order valence-electron chi connectivity index (χ1n) is 6.24. The van der Waals surface area contributed by atoms with Gasteiger partial charge in [-0.3, -0.25) is 4.79 Å². The maximum absolute atomic E-state index is 11.0. The number of ether oxygens (including phenoxy) is 2. The first-order valence-corrected chi connectivity index (χ1v) is 7.03. The van der Waals surface area contributed by atoms with Crippen molar-refractivity contribution in [3.05, 3.63) is 58.1 Å². The SMILES string of the molecule is COc1ccc(CCOc2c(Br)cccc2C=O)cc1. The Morgan fingerprint density at radius 1 is 1.15 bits per heavy atom. The van der Waals surface area contributed by atoms with Crippen molar-refractivity contribution in [2.24, 2.45) is 0 Å². The topological polar surface area (TPSA) is 35.5 Å². The van der Waals surface area contributed by atoms with E-state index in [1.54, 1.807) is 13.2 Å². The molecule has 0 bridgehead atoms. The number of methoxy groups -OCH3 is 1. The van der Waals surface area contributed by atoms with Crippen molar-refractivity contribution in [2.75, 3.05) is 13.7 Å². The zero-order valence-corrected chi connectivity index (χ0v) is 12.7. The molecule has 0 spiro atoms. The van der Waals surface area contributed by atoms with Crippen LogP contribution in [0.4, 0.5) is 0 Å². The predicted octanol–water partition coefficient (Wildman–Crippen LogP) is 3.89. The lowest BCUT2D eigenvalue weighted by Crippen LogP contribution is -2.04. The maximum Gasteiger partial charge on any atom is 0.153 e. The summed E-state index contributed by atoms with van der Waals surface area (Å²) in [6.45, 7) is 0.510. The van der Waals surface area contributed by atoms with Gasteiger partial charge in [0.15, 0.2) is 6.29 Å². The minimum absolute atomic E-state index is 0.510. The van der Waals surface area contributed by atoms with Crippen LogP contribution in [0, 0.1) is 0 Å². The maximum atomic E-state index is 11.0. The van der Waals surface area contributed by atoms with Gasteiger partial charge in [-0.1, -0.05) is 18.2 Å². The smallest absolute Gasteiger partial charge is 0.153 e. The molecule has 0 N–H and O–H groups in total. The Bertz CT molecular complexity index is 579. The average Bonchev–Trinajstić information content (AvgIpc) is 2.49. The molecule has 3 nitrogen and oxygen atoms in total. The van der Waals surface area contributed by atoms with Gasteiger partial charge in [-0.05, 0) is 45.8 Å². The highest BCUT2D eigenvalue weighted by molar-refractivity contribution is 9.10. The molecule has 2 rings (SSSR count). The van der Waals surface area contributed by atoms with Gasteiger partial charge in [0.05, 0.1) is 23.8 Å². The Morgan fingerprint density at radius 2 is 1.90 bits per heavy atom. The van der Waals surface area contributed by atoms with Crippen LogP contribution in [0.5, 0.6) is 11.5 Å². The fourth-order valence-corrected chi connectivity index (χ4v) is 2.33. The summed E-state index contributed by atoms with van der Waals surface area (Å²) >= 11 is 3.39. The van der Waals surface area contributed by atoms with Gasteiger partial charge in [-0.15, -0.1) is 0 Å². The number of rotatable bonds is 6. The Balaban J connectivity index is 1.97. The molecule has 0 atom stereocenters. The lowest BCUT2D eigenvalue weighted by atomic mass is 10.1. The van der Waals surface area contributed by atoms with E-state index < -0.39 is 0 Å². The lowest BCUT2D eigenvalue weighted by Gasteiger charge is -2.10. The van der Waals surface area contributed by atoms with Gasteiger partial charge >= 0.3 is 0 Å². The summed E-state index contributed by atoms with van der Waals surface area (Å²) in [5, 5.41) is 0. The van der Waals surface area contributed by atoms with Gasteiger partial charge in [0.25, 0.3) is 0 Å². The summed E-state index contributed by atoms with van der Waals surface area (Å²) in [6.07, 6.45) is 1.57. The first kappa shape index (κ1) is 14.6. The van der Waals surface area contributed by atoms with Crippen LogP contribution in [0.1, 0.15) is 15.9 Å². The quantitative estimate of drug-likeness (QED) is 0.752. The van der Waals surface area contributed by atoms with E-state index in [1.165, 1.54) is 0 Å². The summed E-state index contributed by atoms with van der Waals surface area (Å²) in [7, 11) is 1.64. The number of hydrogen-bond acceptors (Lipinski definition) is 3. The average molecular weight is 335 g/mol. The van der Waals surface area contributed by atoms with Gasteiger partial charge in [-0.2, -0.15) is 0 Å². The molecule has 20 heavy (non-hydrogen) atoms. The molecule has 0 heterocycles. The van der Waals surface area contributed by atoms with Gasteiger partial charge in [0.2, 0.25) is 0 Å². The molecular formula is C16H15BrO3. The molecule has 0 fully saturated rings. The van der Waals surface area contributed by atoms with Gasteiger partial charge < -0.3 is 9.47 Å². The first-order chi connectivity index (χ1) is 9.74. The number of benzene rings is 2. The van der Waals surface area contributed by atoms with E-state index in [1.807, 2.05) is 36.4 Å². The van der Waals surface area contributed by atoms with E-state index in [0.717, 1.165) is 28.5 Å². The lowest BCUT2D eigenvalue weighted by molar-refractivity contribution is 0.111. The predicted molar refractivity (Wildman–Crippen MR) is 81.7 cm³/mol. The minimum atomic E-state index is 0.510. The number of hydrogen-bond donors (Lipinski definition) is 0. The van der Waals surface area contributed by atoms with Crippen LogP contribution >= 0.6 is 15.9 Å². The third kappa shape index (κ3) is 3.61. The van der Waals surface area contributed by atoms with Crippen LogP contribution in [-0.2, 0) is 6.42 Å². The molecule has 0 saturated heterocycles. The molecular weight excluding hydrogens is 320 g/mol. The molecule has 0 radical (unpaired) electrons. The third-order valence-electron chi connectivity index (χ3n) is 2.92. The van der Waals surface area contributed by atoms with E-state index in [9.17, 15) is 4.79 Å². The molecule has 2 aromatic carbocycles. The Hall–Kier alpha value is -1.81. The van der Waals surface area contributed by atoms with Crippen molar-refractivity contribution >= 4 is 22.2 Å². The van der Waals surface area contributed by atoms with E-state index in [2.05, 4.69) is 15.9 Å². The summed E-state index contributed by atoms with van der Waals surface area (Å²) in [5.41, 5.74) is 1.71. The van der Waals surface area contributed by atoms with E-state index in [0.29, 0.717) is 17.9 Å². The number of aldehydes is 1. The van der Waals surface area contributed by atoms with Crippen LogP contribution in [0.25, 0.3) is 0 Å². The Kier molecular flexibility index (Phi) is 5.18. The van der Waals surface area contributed by atoms with Gasteiger partial charge in [-0.25, -0.2) is 0 Å². The summed E-state index contributed by atoms with van der Waals surface area (Å²) < 4.78 is 11.6. The summed E-state index contributed by atoms with van der Waals surface area (Å²) in [5.74, 6) is 1.43. The normalized spacial score (nSPS) is 10.1. The van der Waals surface area contributed by atoms with E-state index >= 15 is 0 Å². The van der Waals surface area contributed by atoms with Gasteiger partial charge in [0, 0.05) is 6.42 Å². The highest BCUT2D eigenvalue weighted by atomic mass is 79.9. The number of para-hydroxylation sites is 1. The van der Waals surface area contributed by atoms with Crippen molar-refractivity contribution in [1.29, 1.82) is 0 Å². The number of halogens is 1. The molecule has 0 unspecified atom stereocenters. The molecule has 0 aromatic heterocycles. The van der Waals surface area contributed by atoms with Crippen molar-refractivity contribution in [2.45, 2.75) is 6.42 Å².